The number of piperidine rings is 1. The molecule has 0 radical (unpaired) electrons. The fourth-order valence-corrected chi connectivity index (χ4v) is 4.63. The summed E-state index contributed by atoms with van der Waals surface area (Å²) < 4.78 is 12.9. The largest absolute Gasteiger partial charge is 0.491 e. The van der Waals surface area contributed by atoms with Gasteiger partial charge in [-0.05, 0) is 56.1 Å². The molecule has 0 saturated carbocycles. The maximum Gasteiger partial charge on any atom is 0.257 e. The minimum Gasteiger partial charge on any atom is -0.491 e. The van der Waals surface area contributed by atoms with Crippen molar-refractivity contribution in [2.24, 2.45) is 13.0 Å². The average Bonchev–Trinajstić information content (AvgIpc) is 3.40. The molecule has 1 aliphatic heterocycles. The minimum absolute atomic E-state index is 0. The number of hydrogen-bond acceptors (Lipinski definition) is 6. The van der Waals surface area contributed by atoms with Crippen molar-refractivity contribution >= 4 is 34.5 Å². The number of aromatic nitrogens is 4. The van der Waals surface area contributed by atoms with E-state index in [1.807, 2.05) is 19.3 Å². The molecule has 4 aromatic heterocycles. The molecule has 4 aromatic rings. The molecule has 0 aromatic carbocycles. The van der Waals surface area contributed by atoms with E-state index >= 15 is 0 Å². The number of aryl methyl sites for hydroxylation is 1. The molecule has 1 saturated heterocycles. The van der Waals surface area contributed by atoms with Crippen LogP contribution in [0.15, 0.2) is 30.6 Å². The fraction of sp³-hybridized carbons (Fsp3) is 0.417. The summed E-state index contributed by atoms with van der Waals surface area (Å²) in [4.78, 5) is 12.8. The molecule has 0 atom stereocenters. The topological polar surface area (TPSA) is 89.0 Å². The SMILES string of the molecule is COc1cc2c(nc1OC)c(-c1cc3c(CNCC4CCNCC4)ccnc3[nH]1)cn2C.Cl. The molecular formula is C24H31ClN6O2. The van der Waals surface area contributed by atoms with Crippen LogP contribution in [0.2, 0.25) is 0 Å². The van der Waals surface area contributed by atoms with Crippen LogP contribution in [0, 0.1) is 5.92 Å². The van der Waals surface area contributed by atoms with Crippen LogP contribution in [0.3, 0.4) is 0 Å². The zero-order valence-electron chi connectivity index (χ0n) is 19.3. The molecule has 176 valence electrons. The molecule has 0 aliphatic carbocycles. The van der Waals surface area contributed by atoms with Gasteiger partial charge >= 0.3 is 0 Å². The summed E-state index contributed by atoms with van der Waals surface area (Å²) in [5.41, 5.74) is 5.98. The molecular weight excluding hydrogens is 440 g/mol. The van der Waals surface area contributed by atoms with Crippen molar-refractivity contribution in [3.05, 3.63) is 36.2 Å². The van der Waals surface area contributed by atoms with E-state index in [1.165, 1.54) is 18.4 Å². The lowest BCUT2D eigenvalue weighted by molar-refractivity contribution is 0.344. The van der Waals surface area contributed by atoms with Crippen molar-refractivity contribution in [1.82, 2.24) is 30.2 Å². The number of nitrogens with one attached hydrogen (secondary N) is 3. The summed E-state index contributed by atoms with van der Waals surface area (Å²) in [7, 11) is 5.24. The molecule has 0 spiro atoms. The van der Waals surface area contributed by atoms with Gasteiger partial charge in [0.1, 0.15) is 11.2 Å². The van der Waals surface area contributed by atoms with Gasteiger partial charge in [0.05, 0.1) is 25.4 Å². The summed E-state index contributed by atoms with van der Waals surface area (Å²) >= 11 is 0. The van der Waals surface area contributed by atoms with Crippen LogP contribution in [-0.2, 0) is 13.6 Å². The van der Waals surface area contributed by atoms with Crippen LogP contribution in [0.25, 0.3) is 33.3 Å². The fourth-order valence-electron chi connectivity index (χ4n) is 4.63. The molecule has 5 rings (SSSR count). The van der Waals surface area contributed by atoms with E-state index in [4.69, 9.17) is 14.5 Å². The lowest BCUT2D eigenvalue weighted by atomic mass is 9.98. The normalized spacial score (nSPS) is 14.5. The van der Waals surface area contributed by atoms with Crippen LogP contribution < -0.4 is 20.1 Å². The number of rotatable bonds is 7. The predicted molar refractivity (Wildman–Crippen MR) is 133 cm³/mol. The Morgan fingerprint density at radius 1 is 1.18 bits per heavy atom. The van der Waals surface area contributed by atoms with Gasteiger partial charge in [-0.25, -0.2) is 9.97 Å². The number of methoxy groups -OCH3 is 2. The first kappa shape index (κ1) is 23.4. The summed E-state index contributed by atoms with van der Waals surface area (Å²) in [5.74, 6) is 1.85. The van der Waals surface area contributed by atoms with Gasteiger partial charge in [0, 0.05) is 43.0 Å². The van der Waals surface area contributed by atoms with Gasteiger partial charge in [-0.15, -0.1) is 12.4 Å². The van der Waals surface area contributed by atoms with E-state index in [0.717, 1.165) is 65.4 Å². The number of aromatic amines is 1. The van der Waals surface area contributed by atoms with Crippen LogP contribution in [0.1, 0.15) is 18.4 Å². The Morgan fingerprint density at radius 3 is 2.76 bits per heavy atom. The van der Waals surface area contributed by atoms with Gasteiger partial charge in [0.25, 0.3) is 5.88 Å². The number of ether oxygens (including phenoxy) is 2. The van der Waals surface area contributed by atoms with Crippen LogP contribution >= 0.6 is 12.4 Å². The molecule has 1 aliphatic rings. The van der Waals surface area contributed by atoms with Crippen LogP contribution in [-0.4, -0.2) is 53.4 Å². The number of nitrogens with zero attached hydrogens (tertiary/aromatic N) is 3. The number of halogens is 1. The monoisotopic (exact) mass is 470 g/mol. The lowest BCUT2D eigenvalue weighted by Gasteiger charge is -2.22. The standard InChI is InChI=1S/C24H30N6O2.ClH/c1-30-14-18(22-20(30)11-21(31-2)24(29-22)32-3)19-10-17-16(6-9-27-23(17)28-19)13-26-12-15-4-7-25-8-5-15;/h6,9-11,14-15,25-26H,4-5,7-8,12-13H2,1-3H3,(H,27,28);1H. The third-order valence-electron chi connectivity index (χ3n) is 6.43. The number of H-pyrrole nitrogens is 1. The Labute approximate surface area is 199 Å². The van der Waals surface area contributed by atoms with Gasteiger partial charge in [-0.1, -0.05) is 0 Å². The van der Waals surface area contributed by atoms with Crippen molar-refractivity contribution in [3.63, 3.8) is 0 Å². The van der Waals surface area contributed by atoms with Crippen molar-refractivity contribution in [3.8, 4) is 22.9 Å². The summed E-state index contributed by atoms with van der Waals surface area (Å²) in [6.45, 7) is 4.14. The first-order valence-corrected chi connectivity index (χ1v) is 11.1. The lowest BCUT2D eigenvalue weighted by Crippen LogP contribution is -2.33. The van der Waals surface area contributed by atoms with Gasteiger partial charge < -0.3 is 29.7 Å². The second-order valence-electron chi connectivity index (χ2n) is 8.46. The highest BCUT2D eigenvalue weighted by Crippen LogP contribution is 2.36. The van der Waals surface area contributed by atoms with E-state index in [0.29, 0.717) is 11.6 Å². The summed E-state index contributed by atoms with van der Waals surface area (Å²) in [6.07, 6.45) is 6.44. The second kappa shape index (κ2) is 9.99. The van der Waals surface area contributed by atoms with E-state index in [1.54, 1.807) is 14.2 Å². The van der Waals surface area contributed by atoms with Crippen molar-refractivity contribution in [2.75, 3.05) is 33.9 Å². The third kappa shape index (κ3) is 4.51. The number of pyridine rings is 2. The third-order valence-corrected chi connectivity index (χ3v) is 6.43. The maximum atomic E-state index is 5.44. The Bertz CT molecular complexity index is 1240. The Kier molecular flexibility index (Phi) is 7.07. The smallest absolute Gasteiger partial charge is 0.257 e. The molecule has 33 heavy (non-hydrogen) atoms. The zero-order chi connectivity index (χ0) is 22.1. The highest BCUT2D eigenvalue weighted by molar-refractivity contribution is 5.96. The molecule has 0 amide bonds. The van der Waals surface area contributed by atoms with Crippen LogP contribution in [0.4, 0.5) is 0 Å². The molecule has 8 nitrogen and oxygen atoms in total. The first-order chi connectivity index (χ1) is 15.7. The maximum absolute atomic E-state index is 5.44. The van der Waals surface area contributed by atoms with Gasteiger partial charge in [0.15, 0.2) is 5.75 Å². The van der Waals surface area contributed by atoms with Crippen molar-refractivity contribution < 1.29 is 9.47 Å². The zero-order valence-corrected chi connectivity index (χ0v) is 20.1. The van der Waals surface area contributed by atoms with Crippen molar-refractivity contribution in [1.29, 1.82) is 0 Å². The molecule has 0 bridgehead atoms. The second-order valence-corrected chi connectivity index (χ2v) is 8.46. The van der Waals surface area contributed by atoms with Gasteiger partial charge in [0.2, 0.25) is 0 Å². The molecule has 0 unspecified atom stereocenters. The van der Waals surface area contributed by atoms with E-state index in [-0.39, 0.29) is 12.4 Å². The van der Waals surface area contributed by atoms with E-state index in [2.05, 4.69) is 43.5 Å². The molecule has 1 fully saturated rings. The highest BCUT2D eigenvalue weighted by atomic mass is 35.5. The molecule has 5 heterocycles. The van der Waals surface area contributed by atoms with Crippen molar-refractivity contribution in [2.45, 2.75) is 19.4 Å². The number of hydrogen-bond donors (Lipinski definition) is 3. The Hall–Kier alpha value is -2.81. The van der Waals surface area contributed by atoms with Gasteiger partial charge in [-0.2, -0.15) is 0 Å². The number of fused-ring (bicyclic) bond motifs is 2. The van der Waals surface area contributed by atoms with Crippen LogP contribution in [0.5, 0.6) is 11.6 Å². The minimum atomic E-state index is 0. The average molecular weight is 471 g/mol. The summed E-state index contributed by atoms with van der Waals surface area (Å²) in [6, 6.07) is 6.24. The Balaban J connectivity index is 0.00000259. The Morgan fingerprint density at radius 2 is 2.00 bits per heavy atom. The summed E-state index contributed by atoms with van der Waals surface area (Å²) in [5, 5.41) is 8.23. The van der Waals surface area contributed by atoms with E-state index < -0.39 is 0 Å². The first-order valence-electron chi connectivity index (χ1n) is 11.1. The quantitative estimate of drug-likeness (QED) is 0.382. The van der Waals surface area contributed by atoms with E-state index in [9.17, 15) is 0 Å². The molecule has 3 N–H and O–H groups in total. The molecule has 9 heteroatoms. The predicted octanol–water partition coefficient (Wildman–Crippen LogP) is 3.64. The van der Waals surface area contributed by atoms with Gasteiger partial charge in [-0.3, -0.25) is 0 Å². The highest BCUT2D eigenvalue weighted by Gasteiger charge is 2.18.